The molecule has 0 spiro atoms. The monoisotopic (exact) mass is 474 g/mol. The molecule has 10 nitrogen and oxygen atoms in total. The number of rotatable bonds is 7. The number of methoxy groups -OCH3 is 1. The largest absolute Gasteiger partial charge is 0.495 e. The fourth-order valence-electron chi connectivity index (χ4n) is 5.47. The zero-order chi connectivity index (χ0) is 23.5. The average molecular weight is 475 g/mol. The minimum absolute atomic E-state index is 0.0439. The number of aromatic nitrogens is 1. The first-order chi connectivity index (χ1) is 16.7. The number of pyridine rings is 1. The molecule has 0 aromatic carbocycles. The van der Waals surface area contributed by atoms with Crippen molar-refractivity contribution in [1.29, 1.82) is 0 Å². The van der Waals surface area contributed by atoms with Gasteiger partial charge >= 0.3 is 0 Å². The lowest BCUT2D eigenvalue weighted by molar-refractivity contribution is -0.148. The van der Waals surface area contributed by atoms with Gasteiger partial charge in [-0.2, -0.15) is 0 Å². The zero-order valence-electron chi connectivity index (χ0n) is 19.7. The molecule has 0 aliphatic carbocycles. The normalized spacial score (nSPS) is 30.2. The number of carbonyl (C=O) groups is 2. The highest BCUT2D eigenvalue weighted by Gasteiger charge is 2.48. The smallest absolute Gasteiger partial charge is 0.252 e. The van der Waals surface area contributed by atoms with Crippen LogP contribution >= 0.6 is 0 Å². The summed E-state index contributed by atoms with van der Waals surface area (Å²) < 4.78 is 22.2. The molecule has 0 bridgehead atoms. The van der Waals surface area contributed by atoms with Crippen LogP contribution in [0.25, 0.3) is 0 Å². The molecule has 1 aromatic rings. The van der Waals surface area contributed by atoms with Crippen LogP contribution in [0.15, 0.2) is 18.3 Å². The first-order valence-corrected chi connectivity index (χ1v) is 12.3. The topological polar surface area (TPSA) is 102 Å². The standard InChI is InChI=1S/C24H34N4O6/c1-31-17-4-5-18(25-12-17)22(23(29)26-11-16-6-10-32-13-16)27-7-8-28(20-15-33-14-19(20)27)24(30)21-3-2-9-34-21/h4-5,12,16,19-22H,2-3,6-11,13-15H2,1H3,(H,26,29)/t16?,19-,20+,21+,22?/m1/s1. The lowest BCUT2D eigenvalue weighted by atomic mass is 9.98. The Morgan fingerprint density at radius 3 is 2.74 bits per heavy atom. The zero-order valence-corrected chi connectivity index (χ0v) is 19.7. The highest BCUT2D eigenvalue weighted by atomic mass is 16.5. The maximum Gasteiger partial charge on any atom is 0.252 e. The molecule has 4 aliphatic rings. The molecule has 5 atom stereocenters. The van der Waals surface area contributed by atoms with Crippen LogP contribution in [-0.2, 0) is 23.8 Å². The van der Waals surface area contributed by atoms with Crippen LogP contribution in [0.3, 0.4) is 0 Å². The summed E-state index contributed by atoms with van der Waals surface area (Å²) in [5.74, 6) is 0.925. The summed E-state index contributed by atoms with van der Waals surface area (Å²) in [6, 6.07) is 2.89. The van der Waals surface area contributed by atoms with E-state index in [0.29, 0.717) is 63.4 Å². The molecular weight excluding hydrogens is 440 g/mol. The van der Waals surface area contributed by atoms with Gasteiger partial charge in [-0.05, 0) is 31.4 Å². The Balaban J connectivity index is 1.36. The first-order valence-electron chi connectivity index (χ1n) is 12.3. The van der Waals surface area contributed by atoms with E-state index in [0.717, 1.165) is 25.9 Å². The first kappa shape index (κ1) is 23.5. The average Bonchev–Trinajstić information content (AvgIpc) is 3.65. The maximum absolute atomic E-state index is 13.6. The third-order valence-corrected chi connectivity index (χ3v) is 7.38. The van der Waals surface area contributed by atoms with Crippen molar-refractivity contribution in [2.24, 2.45) is 5.92 Å². The van der Waals surface area contributed by atoms with E-state index in [1.165, 1.54) is 0 Å². The molecule has 5 rings (SSSR count). The van der Waals surface area contributed by atoms with Crippen molar-refractivity contribution < 1.29 is 28.5 Å². The number of piperazine rings is 1. The highest BCUT2D eigenvalue weighted by Crippen LogP contribution is 2.33. The maximum atomic E-state index is 13.6. The summed E-state index contributed by atoms with van der Waals surface area (Å²) in [5, 5.41) is 3.13. The van der Waals surface area contributed by atoms with Gasteiger partial charge in [0.15, 0.2) is 0 Å². The van der Waals surface area contributed by atoms with Crippen LogP contribution < -0.4 is 10.1 Å². The second-order valence-corrected chi connectivity index (χ2v) is 9.44. The van der Waals surface area contributed by atoms with Gasteiger partial charge in [0.2, 0.25) is 5.91 Å². The van der Waals surface area contributed by atoms with Gasteiger partial charge in [-0.25, -0.2) is 0 Å². The SMILES string of the molecule is COc1ccc(C(C(=O)NCC2CCOC2)N2CCN(C(=O)[C@@H]3CCCO3)[C@H]3COC[C@H]32)nc1. The number of nitrogens with one attached hydrogen (secondary N) is 1. The number of nitrogens with zero attached hydrogens (tertiary/aromatic N) is 3. The van der Waals surface area contributed by atoms with Gasteiger partial charge in [0.25, 0.3) is 5.91 Å². The van der Waals surface area contributed by atoms with Crippen LogP contribution in [0.2, 0.25) is 0 Å². The van der Waals surface area contributed by atoms with Crippen LogP contribution in [-0.4, -0.2) is 105 Å². The van der Waals surface area contributed by atoms with Gasteiger partial charge in [-0.3, -0.25) is 19.5 Å². The van der Waals surface area contributed by atoms with Crippen molar-refractivity contribution in [3.8, 4) is 5.75 Å². The van der Waals surface area contributed by atoms with Gasteiger partial charge in [-0.1, -0.05) is 0 Å². The summed E-state index contributed by atoms with van der Waals surface area (Å²) in [7, 11) is 1.59. The minimum Gasteiger partial charge on any atom is -0.495 e. The summed E-state index contributed by atoms with van der Waals surface area (Å²) in [5.41, 5.74) is 0.658. The van der Waals surface area contributed by atoms with Crippen molar-refractivity contribution in [3.05, 3.63) is 24.0 Å². The van der Waals surface area contributed by atoms with Gasteiger partial charge in [-0.15, -0.1) is 0 Å². The molecule has 1 aromatic heterocycles. The Kier molecular flexibility index (Phi) is 7.29. The van der Waals surface area contributed by atoms with Gasteiger partial charge < -0.3 is 29.2 Å². The Labute approximate surface area is 199 Å². The van der Waals surface area contributed by atoms with Crippen LogP contribution in [0.4, 0.5) is 0 Å². The predicted molar refractivity (Wildman–Crippen MR) is 121 cm³/mol. The van der Waals surface area contributed by atoms with Crippen molar-refractivity contribution in [1.82, 2.24) is 20.1 Å². The Morgan fingerprint density at radius 1 is 1.15 bits per heavy atom. The number of hydrogen-bond donors (Lipinski definition) is 1. The molecule has 34 heavy (non-hydrogen) atoms. The van der Waals surface area contributed by atoms with E-state index in [9.17, 15) is 9.59 Å². The third-order valence-electron chi connectivity index (χ3n) is 7.38. The number of hydrogen-bond acceptors (Lipinski definition) is 8. The van der Waals surface area contributed by atoms with E-state index < -0.39 is 6.04 Å². The quantitative estimate of drug-likeness (QED) is 0.605. The Hall–Kier alpha value is -2.27. The van der Waals surface area contributed by atoms with Gasteiger partial charge in [0.1, 0.15) is 17.9 Å². The molecule has 1 N–H and O–H groups in total. The van der Waals surface area contributed by atoms with Crippen LogP contribution in [0, 0.1) is 5.92 Å². The molecule has 0 saturated carbocycles. The Morgan fingerprint density at radius 2 is 2.03 bits per heavy atom. The summed E-state index contributed by atoms with van der Waals surface area (Å²) in [4.78, 5) is 35.3. The van der Waals surface area contributed by atoms with Gasteiger partial charge in [0, 0.05) is 38.8 Å². The number of carbonyl (C=O) groups excluding carboxylic acids is 2. The van der Waals surface area contributed by atoms with Gasteiger partial charge in [0.05, 0.1) is 50.9 Å². The number of fused-ring (bicyclic) bond motifs is 1. The molecule has 0 radical (unpaired) electrons. The second kappa shape index (κ2) is 10.6. The summed E-state index contributed by atoms with van der Waals surface area (Å²) in [6.07, 6.45) is 3.92. The number of amides is 2. The lowest BCUT2D eigenvalue weighted by Crippen LogP contribution is -2.63. The molecular formula is C24H34N4O6. The molecule has 2 unspecified atom stereocenters. The van der Waals surface area contributed by atoms with Crippen LogP contribution in [0.5, 0.6) is 5.75 Å². The van der Waals surface area contributed by atoms with Crippen molar-refractivity contribution in [2.75, 3.05) is 59.8 Å². The predicted octanol–water partition coefficient (Wildman–Crippen LogP) is 0.375. The second-order valence-electron chi connectivity index (χ2n) is 9.44. The van der Waals surface area contributed by atoms with Crippen molar-refractivity contribution in [2.45, 2.75) is 43.5 Å². The van der Waals surface area contributed by atoms with E-state index in [1.54, 1.807) is 13.3 Å². The highest BCUT2D eigenvalue weighted by molar-refractivity contribution is 5.83. The van der Waals surface area contributed by atoms with E-state index in [1.807, 2.05) is 17.0 Å². The molecule has 4 fully saturated rings. The molecule has 4 aliphatic heterocycles. The van der Waals surface area contributed by atoms with E-state index in [2.05, 4.69) is 15.2 Å². The van der Waals surface area contributed by atoms with Crippen molar-refractivity contribution in [3.63, 3.8) is 0 Å². The fraction of sp³-hybridized carbons (Fsp3) is 0.708. The molecule has 186 valence electrons. The molecule has 10 heteroatoms. The Bertz CT molecular complexity index is 856. The molecule has 2 amide bonds. The molecule has 5 heterocycles. The number of ether oxygens (including phenoxy) is 4. The van der Waals surface area contributed by atoms with Crippen LogP contribution in [0.1, 0.15) is 31.0 Å². The van der Waals surface area contributed by atoms with E-state index in [4.69, 9.17) is 18.9 Å². The van der Waals surface area contributed by atoms with Crippen molar-refractivity contribution >= 4 is 11.8 Å². The molecule has 4 saturated heterocycles. The minimum atomic E-state index is -0.581. The third kappa shape index (κ3) is 4.77. The summed E-state index contributed by atoms with van der Waals surface area (Å²) >= 11 is 0. The summed E-state index contributed by atoms with van der Waals surface area (Å²) in [6.45, 7) is 4.65. The lowest BCUT2D eigenvalue weighted by Gasteiger charge is -2.46. The fourth-order valence-corrected chi connectivity index (χ4v) is 5.47. The van der Waals surface area contributed by atoms with E-state index >= 15 is 0 Å². The van der Waals surface area contributed by atoms with E-state index in [-0.39, 0.29) is 30.0 Å².